The summed E-state index contributed by atoms with van der Waals surface area (Å²) >= 11 is 0. The third kappa shape index (κ3) is 71.1. The number of carbonyl (C=O) groups excluding carboxylic acids is 4. The van der Waals surface area contributed by atoms with Crippen molar-refractivity contribution in [2.45, 2.75) is 426 Å². The fourth-order valence-corrected chi connectivity index (χ4v) is 13.7. The number of esters is 4. The number of hydrogen-bond donors (Lipinski definition) is 3. The summed E-state index contributed by atoms with van der Waals surface area (Å²) in [5.74, 6) is 0.271. The second-order valence-corrected chi connectivity index (χ2v) is 32.6. The van der Waals surface area contributed by atoms with E-state index in [1.54, 1.807) is 0 Å². The van der Waals surface area contributed by atoms with Crippen molar-refractivity contribution >= 4 is 39.5 Å². The number of aliphatic hydroxyl groups is 1. The lowest BCUT2D eigenvalue weighted by Gasteiger charge is -2.21. The van der Waals surface area contributed by atoms with Crippen molar-refractivity contribution in [2.24, 2.45) is 17.8 Å². The van der Waals surface area contributed by atoms with Gasteiger partial charge in [0, 0.05) is 25.7 Å². The predicted octanol–water partition coefficient (Wildman–Crippen LogP) is 23.4. The number of ether oxygens (including phenoxy) is 4. The van der Waals surface area contributed by atoms with E-state index in [1.165, 1.54) is 218 Å². The highest BCUT2D eigenvalue weighted by molar-refractivity contribution is 7.47. The number of unbranched alkanes of at least 4 members (excludes halogenated alkanes) is 44. The Morgan fingerprint density at radius 3 is 0.776 bits per heavy atom. The quantitative estimate of drug-likeness (QED) is 0.0222. The van der Waals surface area contributed by atoms with Crippen molar-refractivity contribution in [1.82, 2.24) is 0 Å². The van der Waals surface area contributed by atoms with Crippen LogP contribution in [0.1, 0.15) is 408 Å². The largest absolute Gasteiger partial charge is 0.472 e. The van der Waals surface area contributed by atoms with Crippen LogP contribution in [0.25, 0.3) is 0 Å². The molecule has 3 unspecified atom stereocenters. The third-order valence-corrected chi connectivity index (χ3v) is 20.6. The van der Waals surface area contributed by atoms with Crippen LogP contribution in [0.4, 0.5) is 0 Å². The summed E-state index contributed by atoms with van der Waals surface area (Å²) in [6.45, 7) is 12.0. The van der Waals surface area contributed by atoms with Crippen LogP contribution in [0.5, 0.6) is 0 Å². The maximum Gasteiger partial charge on any atom is 0.472 e. The molecule has 0 rings (SSSR count). The van der Waals surface area contributed by atoms with Crippen LogP contribution in [0.15, 0.2) is 0 Å². The Morgan fingerprint density at radius 1 is 0.296 bits per heavy atom. The number of phosphoric acid groups is 2. The fraction of sp³-hybridized carbons (Fsp3) is 0.949. The second kappa shape index (κ2) is 69.4. The molecule has 0 radical (unpaired) electrons. The van der Waals surface area contributed by atoms with E-state index < -0.39 is 97.5 Å². The first-order valence-corrected chi connectivity index (χ1v) is 43.9. The van der Waals surface area contributed by atoms with Crippen molar-refractivity contribution in [1.29, 1.82) is 0 Å². The van der Waals surface area contributed by atoms with Crippen LogP contribution in [-0.4, -0.2) is 96.7 Å². The fourth-order valence-electron chi connectivity index (χ4n) is 12.1. The van der Waals surface area contributed by atoms with Crippen molar-refractivity contribution in [3.05, 3.63) is 0 Å². The lowest BCUT2D eigenvalue weighted by molar-refractivity contribution is -0.161. The van der Waals surface area contributed by atoms with E-state index >= 15 is 0 Å². The molecule has 19 heteroatoms. The number of hydrogen-bond acceptors (Lipinski definition) is 15. The molecule has 0 spiro atoms. The van der Waals surface area contributed by atoms with Gasteiger partial charge in [-0.25, -0.2) is 9.13 Å². The van der Waals surface area contributed by atoms with Crippen LogP contribution >= 0.6 is 15.6 Å². The Balaban J connectivity index is 5.27. The van der Waals surface area contributed by atoms with E-state index in [9.17, 15) is 43.2 Å². The summed E-state index contributed by atoms with van der Waals surface area (Å²) in [5.41, 5.74) is 0. The van der Waals surface area contributed by atoms with Crippen LogP contribution in [0.3, 0.4) is 0 Å². The van der Waals surface area contributed by atoms with Crippen molar-refractivity contribution in [3.63, 3.8) is 0 Å². The predicted molar refractivity (Wildman–Crippen MR) is 400 cm³/mol. The smallest absolute Gasteiger partial charge is 0.462 e. The maximum absolute atomic E-state index is 13.1. The normalized spacial score (nSPS) is 14.3. The van der Waals surface area contributed by atoms with Crippen molar-refractivity contribution < 1.29 is 80.2 Å². The first kappa shape index (κ1) is 96.1. The highest BCUT2D eigenvalue weighted by Gasteiger charge is 2.30. The monoisotopic (exact) mass is 1440 g/mol. The van der Waals surface area contributed by atoms with Gasteiger partial charge in [-0.15, -0.1) is 0 Å². The Morgan fingerprint density at radius 2 is 0.520 bits per heavy atom. The van der Waals surface area contributed by atoms with Crippen LogP contribution in [-0.2, 0) is 65.4 Å². The molecule has 0 heterocycles. The molecule has 0 amide bonds. The molecular formula is C79H154O17P2. The molecule has 17 nitrogen and oxygen atoms in total. The highest BCUT2D eigenvalue weighted by Crippen LogP contribution is 2.45. The molecule has 0 aromatic rings. The number of carbonyl (C=O) groups is 4. The Hall–Kier alpha value is -1.94. The van der Waals surface area contributed by atoms with Gasteiger partial charge in [0.25, 0.3) is 0 Å². The minimum absolute atomic E-state index is 0.107. The number of phosphoric ester groups is 2. The molecule has 6 atom stereocenters. The average Bonchev–Trinajstić information content (AvgIpc) is 0.983. The van der Waals surface area contributed by atoms with E-state index in [0.717, 1.165) is 108 Å². The molecular weight excluding hydrogens is 1280 g/mol. The van der Waals surface area contributed by atoms with E-state index in [4.69, 9.17) is 37.0 Å². The Labute approximate surface area is 600 Å². The zero-order valence-electron chi connectivity index (χ0n) is 64.3. The van der Waals surface area contributed by atoms with Gasteiger partial charge in [0.2, 0.25) is 0 Å². The summed E-state index contributed by atoms with van der Waals surface area (Å²) in [6, 6.07) is 0. The summed E-state index contributed by atoms with van der Waals surface area (Å²) in [7, 11) is -9.92. The third-order valence-electron chi connectivity index (χ3n) is 18.7. The Bertz CT molecular complexity index is 1910. The van der Waals surface area contributed by atoms with E-state index in [0.29, 0.717) is 25.7 Å². The molecule has 98 heavy (non-hydrogen) atoms. The summed E-state index contributed by atoms with van der Waals surface area (Å²) in [6.07, 6.45) is 56.6. The maximum atomic E-state index is 13.1. The molecule has 0 aliphatic rings. The molecule has 0 saturated carbocycles. The summed E-state index contributed by atoms with van der Waals surface area (Å²) < 4.78 is 68.7. The van der Waals surface area contributed by atoms with Crippen LogP contribution in [0.2, 0.25) is 0 Å². The van der Waals surface area contributed by atoms with Gasteiger partial charge in [-0.1, -0.05) is 357 Å². The summed E-state index contributed by atoms with van der Waals surface area (Å²) in [4.78, 5) is 73.0. The van der Waals surface area contributed by atoms with Gasteiger partial charge in [-0.2, -0.15) is 0 Å². The molecule has 0 aliphatic heterocycles. The van der Waals surface area contributed by atoms with Gasteiger partial charge in [0.1, 0.15) is 19.3 Å². The van der Waals surface area contributed by atoms with Gasteiger partial charge in [-0.3, -0.25) is 37.3 Å². The Kier molecular flexibility index (Phi) is 68.1. The molecule has 0 aromatic carbocycles. The molecule has 3 N–H and O–H groups in total. The van der Waals surface area contributed by atoms with Crippen molar-refractivity contribution in [2.75, 3.05) is 39.6 Å². The molecule has 0 aromatic heterocycles. The lowest BCUT2D eigenvalue weighted by atomic mass is 9.99. The number of aliphatic hydroxyl groups excluding tert-OH is 1. The molecule has 0 bridgehead atoms. The molecule has 0 aliphatic carbocycles. The topological polar surface area (TPSA) is 237 Å². The highest BCUT2D eigenvalue weighted by atomic mass is 31.2. The molecule has 0 saturated heterocycles. The van der Waals surface area contributed by atoms with Gasteiger partial charge in [0.15, 0.2) is 12.2 Å². The van der Waals surface area contributed by atoms with E-state index in [1.807, 2.05) is 0 Å². The van der Waals surface area contributed by atoms with E-state index in [2.05, 4.69) is 48.5 Å². The van der Waals surface area contributed by atoms with Crippen molar-refractivity contribution in [3.8, 4) is 0 Å². The zero-order valence-corrected chi connectivity index (χ0v) is 66.0. The standard InChI is InChI=1S/C79H154O17P2/c1-8-10-11-12-13-14-15-25-32-39-46-53-60-76(81)89-66-75(96-79(84)63-56-49-42-35-28-21-23-30-37-44-51-58-71(5)6)69-94-98(87,88)92-65-73(80)64-91-97(85,86)93-68-74(67-90-77(82)61-54-47-40-33-27-20-22-29-36-43-50-57-70(3)4)95-78(83)62-55-48-41-34-26-19-17-16-18-24-31-38-45-52-59-72(7)9-2/h70-75,80H,8-69H2,1-7H3,(H,85,86)(H,87,88)/t72?,73-,74-,75-/m1/s1. The first-order chi connectivity index (χ1) is 47.3. The second-order valence-electron chi connectivity index (χ2n) is 29.6. The van der Waals surface area contributed by atoms with Crippen LogP contribution < -0.4 is 0 Å². The first-order valence-electron chi connectivity index (χ1n) is 40.9. The lowest BCUT2D eigenvalue weighted by Crippen LogP contribution is -2.30. The molecule has 582 valence electrons. The van der Waals surface area contributed by atoms with Crippen LogP contribution in [0, 0.1) is 17.8 Å². The van der Waals surface area contributed by atoms with E-state index in [-0.39, 0.29) is 25.7 Å². The zero-order chi connectivity index (χ0) is 72.3. The molecule has 0 fully saturated rings. The van der Waals surface area contributed by atoms with Gasteiger partial charge in [-0.05, 0) is 43.4 Å². The van der Waals surface area contributed by atoms with Gasteiger partial charge < -0.3 is 33.8 Å². The minimum Gasteiger partial charge on any atom is -0.462 e. The van der Waals surface area contributed by atoms with Gasteiger partial charge in [0.05, 0.1) is 26.4 Å². The number of rotatable bonds is 77. The summed E-state index contributed by atoms with van der Waals surface area (Å²) in [5, 5.41) is 10.6. The van der Waals surface area contributed by atoms with Gasteiger partial charge >= 0.3 is 39.5 Å². The average molecular weight is 1440 g/mol. The minimum atomic E-state index is -4.96. The SMILES string of the molecule is CCCCCCCCCCCCCCC(=O)OC[C@H](COP(=O)(O)OC[C@H](O)COP(=O)(O)OC[C@@H](COC(=O)CCCCCCCCCCCCCC(C)C)OC(=O)CCCCCCCCCCCCCCCCC(C)CC)OC(=O)CCCCCCCCCCCCCC(C)C.